The third-order valence-corrected chi connectivity index (χ3v) is 3.56. The van der Waals surface area contributed by atoms with Gasteiger partial charge in [0.05, 0.1) is 0 Å². The molecule has 2 heterocycles. The summed E-state index contributed by atoms with van der Waals surface area (Å²) in [7, 11) is 0. The number of amidine groups is 1. The lowest BCUT2D eigenvalue weighted by atomic mass is 10.4. The Bertz CT molecular complexity index is 364. The van der Waals surface area contributed by atoms with Gasteiger partial charge in [0.1, 0.15) is 23.3 Å². The summed E-state index contributed by atoms with van der Waals surface area (Å²) >= 11 is 5.94. The predicted molar refractivity (Wildman–Crippen MR) is 54.6 cm³/mol. The third kappa shape index (κ3) is 0.952. The van der Waals surface area contributed by atoms with E-state index in [-0.39, 0.29) is 5.84 Å². The molecule has 0 aliphatic carbocycles. The number of halogens is 1. The predicted octanol–water partition coefficient (Wildman–Crippen LogP) is 1.32. The second-order valence-electron chi connectivity index (χ2n) is 3.84. The monoisotopic (exact) mass is 214 g/mol. The molecule has 4 nitrogen and oxygen atoms in total. The van der Waals surface area contributed by atoms with Gasteiger partial charge in [-0.15, -0.1) is 0 Å². The third-order valence-electron chi connectivity index (χ3n) is 3.36. The number of hydrogen-bond acceptors (Lipinski definition) is 2. The highest BCUT2D eigenvalue weighted by Crippen LogP contribution is 2.49. The van der Waals surface area contributed by atoms with Crippen LogP contribution in [-0.2, 0) is 0 Å². The van der Waals surface area contributed by atoms with E-state index in [2.05, 4.69) is 19.0 Å². The molecular formula is C9H13ClN3O+. The Hall–Kier alpha value is -1.00. The van der Waals surface area contributed by atoms with Gasteiger partial charge in [-0.3, -0.25) is 0 Å². The van der Waals surface area contributed by atoms with Crippen molar-refractivity contribution in [3.63, 3.8) is 0 Å². The number of hydrogen-bond donors (Lipinski definition) is 2. The molecule has 1 saturated heterocycles. The molecule has 0 saturated carbocycles. The van der Waals surface area contributed by atoms with Crippen molar-refractivity contribution in [2.45, 2.75) is 25.9 Å². The molecule has 0 radical (unpaired) electrons. The van der Waals surface area contributed by atoms with Gasteiger partial charge in [0.2, 0.25) is 5.84 Å². The van der Waals surface area contributed by atoms with Crippen molar-refractivity contribution in [3.05, 3.63) is 23.0 Å². The zero-order valence-corrected chi connectivity index (χ0v) is 8.86. The zero-order valence-electron chi connectivity index (χ0n) is 8.11. The van der Waals surface area contributed by atoms with Crippen LogP contribution in [0.25, 0.3) is 0 Å². The van der Waals surface area contributed by atoms with Crippen LogP contribution in [0.2, 0.25) is 0 Å². The fraction of sp³-hybridized carbons (Fsp3) is 0.444. The van der Waals surface area contributed by atoms with E-state index in [4.69, 9.17) is 22.5 Å². The molecule has 2 aliphatic heterocycles. The second-order valence-corrected chi connectivity index (χ2v) is 4.28. The summed E-state index contributed by atoms with van der Waals surface area (Å²) in [6.45, 7) is 4.24. The van der Waals surface area contributed by atoms with Gasteiger partial charge in [-0.2, -0.15) is 0 Å². The second kappa shape index (κ2) is 2.74. The maximum atomic E-state index is 8.66. The summed E-state index contributed by atoms with van der Waals surface area (Å²) in [5, 5.41) is 12.3. The first-order chi connectivity index (χ1) is 6.54. The average molecular weight is 215 g/mol. The number of allylic oxidation sites excluding steroid dienone is 2. The fourth-order valence-corrected chi connectivity index (χ4v) is 2.53. The number of nitrogens with zero attached hydrogens (tertiary/aromatic N) is 2. The van der Waals surface area contributed by atoms with E-state index in [1.165, 1.54) is 0 Å². The van der Waals surface area contributed by atoms with Crippen LogP contribution < -0.4 is 5.73 Å². The van der Waals surface area contributed by atoms with Crippen LogP contribution in [0.15, 0.2) is 28.2 Å². The van der Waals surface area contributed by atoms with E-state index >= 15 is 0 Å². The van der Waals surface area contributed by atoms with Crippen molar-refractivity contribution in [3.8, 4) is 0 Å². The van der Waals surface area contributed by atoms with E-state index < -0.39 is 0 Å². The molecule has 2 aliphatic rings. The van der Waals surface area contributed by atoms with Gasteiger partial charge in [-0.25, -0.2) is 4.48 Å². The van der Waals surface area contributed by atoms with Gasteiger partial charge in [0.25, 0.3) is 0 Å². The lowest BCUT2D eigenvalue weighted by Crippen LogP contribution is -2.30. The Balaban J connectivity index is 2.42. The SMILES string of the molecule is CC1C(C)[N+]12C=C(Cl)C=C2C(N)=NO. The Morgan fingerprint density at radius 2 is 2.14 bits per heavy atom. The molecule has 1 fully saturated rings. The Morgan fingerprint density at radius 1 is 1.57 bits per heavy atom. The molecular weight excluding hydrogens is 202 g/mol. The maximum Gasteiger partial charge on any atom is 0.224 e. The molecule has 5 heteroatoms. The first-order valence-corrected chi connectivity index (χ1v) is 4.88. The highest BCUT2D eigenvalue weighted by molar-refractivity contribution is 6.31. The first kappa shape index (κ1) is 9.55. The van der Waals surface area contributed by atoms with Crippen LogP contribution >= 0.6 is 11.6 Å². The Kier molecular flexibility index (Phi) is 1.87. The minimum Gasteiger partial charge on any atom is -0.409 e. The molecule has 3 N–H and O–H groups in total. The van der Waals surface area contributed by atoms with Crippen molar-refractivity contribution in [2.24, 2.45) is 10.9 Å². The average Bonchev–Trinajstić information content (AvgIpc) is 2.56. The van der Waals surface area contributed by atoms with Crippen LogP contribution in [0.1, 0.15) is 13.8 Å². The fourth-order valence-electron chi connectivity index (χ4n) is 2.27. The smallest absolute Gasteiger partial charge is 0.224 e. The van der Waals surface area contributed by atoms with Gasteiger partial charge in [0.15, 0.2) is 5.70 Å². The quantitative estimate of drug-likeness (QED) is 0.173. The van der Waals surface area contributed by atoms with Gasteiger partial charge in [-0.1, -0.05) is 16.8 Å². The minimum absolute atomic E-state index is 0.146. The number of rotatable bonds is 1. The first-order valence-electron chi connectivity index (χ1n) is 4.50. The largest absolute Gasteiger partial charge is 0.409 e. The van der Waals surface area contributed by atoms with Crippen LogP contribution in [0.4, 0.5) is 0 Å². The molecule has 0 aromatic rings. The molecule has 0 aromatic heterocycles. The summed E-state index contributed by atoms with van der Waals surface area (Å²) in [6.07, 6.45) is 3.71. The molecule has 1 spiro atoms. The number of oxime groups is 1. The van der Waals surface area contributed by atoms with E-state index in [0.29, 0.717) is 21.6 Å². The lowest BCUT2D eigenvalue weighted by molar-refractivity contribution is -0.718. The van der Waals surface area contributed by atoms with Crippen molar-refractivity contribution >= 4 is 17.4 Å². The zero-order chi connectivity index (χ0) is 10.5. The highest BCUT2D eigenvalue weighted by Gasteiger charge is 2.65. The lowest BCUT2D eigenvalue weighted by Gasteiger charge is -2.13. The van der Waals surface area contributed by atoms with Crippen molar-refractivity contribution < 1.29 is 9.69 Å². The van der Waals surface area contributed by atoms with Crippen LogP contribution in [-0.4, -0.2) is 27.6 Å². The molecule has 2 rings (SSSR count). The summed E-state index contributed by atoms with van der Waals surface area (Å²) in [5.41, 5.74) is 6.39. The van der Waals surface area contributed by atoms with Gasteiger partial charge in [0, 0.05) is 6.08 Å². The normalized spacial score (nSPS) is 41.2. The molecule has 0 aromatic carbocycles. The van der Waals surface area contributed by atoms with Crippen LogP contribution in [0.5, 0.6) is 0 Å². The highest BCUT2D eigenvalue weighted by atomic mass is 35.5. The van der Waals surface area contributed by atoms with Crippen LogP contribution in [0, 0.1) is 0 Å². The number of nitrogens with two attached hydrogens (primary N) is 1. The Labute approximate surface area is 87.5 Å². The summed E-state index contributed by atoms with van der Waals surface area (Å²) in [5.74, 6) is 0.146. The number of quaternary nitrogens is 1. The van der Waals surface area contributed by atoms with E-state index in [9.17, 15) is 0 Å². The Morgan fingerprint density at radius 3 is 2.57 bits per heavy atom. The van der Waals surface area contributed by atoms with E-state index in [1.807, 2.05) is 6.20 Å². The molecule has 2 unspecified atom stereocenters. The summed E-state index contributed by atoms with van der Waals surface area (Å²) in [4.78, 5) is 0. The van der Waals surface area contributed by atoms with E-state index in [1.54, 1.807) is 6.08 Å². The topological polar surface area (TPSA) is 58.6 Å². The molecule has 76 valence electrons. The maximum absolute atomic E-state index is 8.66. The van der Waals surface area contributed by atoms with Gasteiger partial charge in [-0.05, 0) is 13.8 Å². The van der Waals surface area contributed by atoms with Gasteiger partial charge < -0.3 is 10.9 Å². The van der Waals surface area contributed by atoms with Crippen molar-refractivity contribution in [2.75, 3.05) is 0 Å². The molecule has 2 atom stereocenters. The van der Waals surface area contributed by atoms with Crippen molar-refractivity contribution in [1.82, 2.24) is 0 Å². The molecule has 0 bridgehead atoms. The van der Waals surface area contributed by atoms with E-state index in [0.717, 1.165) is 5.70 Å². The molecule has 14 heavy (non-hydrogen) atoms. The summed E-state index contributed by atoms with van der Waals surface area (Å²) < 4.78 is 0.620. The van der Waals surface area contributed by atoms with Crippen LogP contribution in [0.3, 0.4) is 0 Å². The summed E-state index contributed by atoms with van der Waals surface area (Å²) in [6, 6.07) is 0.885. The standard InChI is InChI=1S/C9H12ClN3O/c1-5-6(2)13(5)4-7(10)3-8(13)9(11)12-14/h3-6H,1-2H3,(H2-,11,12,14)/p+1. The minimum atomic E-state index is 0.146. The van der Waals surface area contributed by atoms with Gasteiger partial charge >= 0.3 is 0 Å². The molecule has 0 amide bonds. The van der Waals surface area contributed by atoms with Crippen molar-refractivity contribution in [1.29, 1.82) is 0 Å².